The lowest BCUT2D eigenvalue weighted by atomic mass is 10.2. The Hall–Kier alpha value is -2.37. The van der Waals surface area contributed by atoms with Crippen LogP contribution in [0.1, 0.15) is 6.92 Å². The molecule has 17 heavy (non-hydrogen) atoms. The summed E-state index contributed by atoms with van der Waals surface area (Å²) in [5, 5.41) is 10.6. The average Bonchev–Trinajstić information content (AvgIpc) is 2.36. The third-order valence-corrected chi connectivity index (χ3v) is 2.28. The van der Waals surface area contributed by atoms with Gasteiger partial charge in [-0.2, -0.15) is 4.68 Å². The van der Waals surface area contributed by atoms with Gasteiger partial charge in [0.15, 0.2) is 5.69 Å². The van der Waals surface area contributed by atoms with Gasteiger partial charge in [-0.25, -0.2) is 0 Å². The molecular formula is C11H13N5O. The number of nitrogens with two attached hydrogens (primary N) is 1. The highest BCUT2D eigenvalue weighted by molar-refractivity contribution is 5.57. The van der Waals surface area contributed by atoms with Crippen LogP contribution in [0.25, 0.3) is 11.3 Å². The van der Waals surface area contributed by atoms with Crippen molar-refractivity contribution in [3.63, 3.8) is 0 Å². The highest BCUT2D eigenvalue weighted by atomic mass is 16.1. The van der Waals surface area contributed by atoms with Crippen molar-refractivity contribution >= 4 is 5.95 Å². The third kappa shape index (κ3) is 2.10. The van der Waals surface area contributed by atoms with Crippen LogP contribution >= 0.6 is 0 Å². The number of nitrogen functional groups attached to an aromatic ring is 1. The van der Waals surface area contributed by atoms with Gasteiger partial charge in [0, 0.05) is 12.1 Å². The number of rotatable bonds is 3. The molecule has 0 saturated heterocycles. The molecule has 0 spiro atoms. The molecule has 6 heteroatoms. The maximum absolute atomic E-state index is 12.0. The van der Waals surface area contributed by atoms with E-state index >= 15 is 0 Å². The number of benzene rings is 1. The summed E-state index contributed by atoms with van der Waals surface area (Å²) in [4.78, 5) is 12.0. The van der Waals surface area contributed by atoms with E-state index in [2.05, 4.69) is 15.5 Å². The fourth-order valence-corrected chi connectivity index (χ4v) is 1.45. The van der Waals surface area contributed by atoms with Crippen LogP contribution < -0.4 is 16.7 Å². The van der Waals surface area contributed by atoms with Crippen molar-refractivity contribution in [2.75, 3.05) is 17.7 Å². The van der Waals surface area contributed by atoms with Gasteiger partial charge >= 0.3 is 0 Å². The molecule has 0 bridgehead atoms. The Labute approximate surface area is 98.1 Å². The maximum atomic E-state index is 12.0. The normalized spacial score (nSPS) is 10.2. The monoisotopic (exact) mass is 231 g/mol. The molecule has 0 aliphatic rings. The lowest BCUT2D eigenvalue weighted by molar-refractivity contribution is 0.828. The molecule has 0 aliphatic carbocycles. The highest BCUT2D eigenvalue weighted by Gasteiger charge is 2.10. The van der Waals surface area contributed by atoms with Crippen LogP contribution in [0.4, 0.5) is 5.95 Å². The second kappa shape index (κ2) is 4.65. The van der Waals surface area contributed by atoms with Crippen LogP contribution in [0, 0.1) is 0 Å². The predicted molar refractivity (Wildman–Crippen MR) is 66.0 cm³/mol. The van der Waals surface area contributed by atoms with Gasteiger partial charge in [0.05, 0.1) is 0 Å². The Bertz CT molecular complexity index is 564. The minimum Gasteiger partial charge on any atom is -0.353 e. The van der Waals surface area contributed by atoms with Crippen molar-refractivity contribution < 1.29 is 0 Å². The molecule has 0 aliphatic heterocycles. The van der Waals surface area contributed by atoms with Crippen molar-refractivity contribution in [3.8, 4) is 11.3 Å². The summed E-state index contributed by atoms with van der Waals surface area (Å²) in [5.41, 5.74) is 0.573. The van der Waals surface area contributed by atoms with Crippen molar-refractivity contribution in [3.05, 3.63) is 40.7 Å². The first kappa shape index (κ1) is 11.1. The van der Waals surface area contributed by atoms with Crippen molar-refractivity contribution in [1.82, 2.24) is 14.9 Å². The van der Waals surface area contributed by atoms with Gasteiger partial charge in [0.1, 0.15) is 0 Å². The van der Waals surface area contributed by atoms with E-state index in [9.17, 15) is 4.79 Å². The largest absolute Gasteiger partial charge is 0.353 e. The minimum absolute atomic E-state index is 0.245. The van der Waals surface area contributed by atoms with Crippen LogP contribution in [0.15, 0.2) is 35.1 Å². The van der Waals surface area contributed by atoms with E-state index in [0.29, 0.717) is 12.1 Å². The Morgan fingerprint density at radius 3 is 2.65 bits per heavy atom. The predicted octanol–water partition coefficient (Wildman–Crippen LogP) is 0.451. The first-order valence-electron chi connectivity index (χ1n) is 5.28. The minimum atomic E-state index is -0.373. The van der Waals surface area contributed by atoms with Crippen LogP contribution in [-0.4, -0.2) is 21.4 Å². The molecule has 1 aromatic heterocycles. The number of hydrogen-bond donors (Lipinski definition) is 2. The number of nitrogens with zero attached hydrogens (tertiary/aromatic N) is 3. The second-order valence-electron chi connectivity index (χ2n) is 3.44. The molecule has 0 amide bonds. The lowest BCUT2D eigenvalue weighted by Crippen LogP contribution is -2.33. The van der Waals surface area contributed by atoms with Crippen LogP contribution in [0.3, 0.4) is 0 Å². The van der Waals surface area contributed by atoms with Crippen molar-refractivity contribution in [1.29, 1.82) is 0 Å². The molecule has 1 aromatic carbocycles. The fourth-order valence-electron chi connectivity index (χ4n) is 1.45. The Balaban J connectivity index is 2.52. The number of aromatic nitrogens is 3. The number of anilines is 1. The molecule has 3 N–H and O–H groups in total. The van der Waals surface area contributed by atoms with Gasteiger partial charge in [-0.05, 0) is 6.92 Å². The lowest BCUT2D eigenvalue weighted by Gasteiger charge is -2.07. The molecule has 1 heterocycles. The standard InChI is InChI=1S/C11H13N5O/c1-2-13-11-15-14-9(10(17)16(11)12)8-6-4-3-5-7-8/h3-7H,2,12H2,1H3,(H,13,15). The van der Waals surface area contributed by atoms with Gasteiger partial charge in [0.25, 0.3) is 5.56 Å². The van der Waals surface area contributed by atoms with E-state index in [1.54, 1.807) is 12.1 Å². The molecule has 2 aromatic rings. The molecule has 0 saturated carbocycles. The first-order valence-corrected chi connectivity index (χ1v) is 5.28. The van der Waals surface area contributed by atoms with Gasteiger partial charge in [0.2, 0.25) is 5.95 Å². The van der Waals surface area contributed by atoms with Gasteiger partial charge < -0.3 is 11.2 Å². The van der Waals surface area contributed by atoms with Gasteiger partial charge in [-0.1, -0.05) is 30.3 Å². The highest BCUT2D eigenvalue weighted by Crippen LogP contribution is 2.11. The molecular weight excluding hydrogens is 218 g/mol. The van der Waals surface area contributed by atoms with E-state index in [0.717, 1.165) is 4.68 Å². The summed E-state index contributed by atoms with van der Waals surface area (Å²) in [6, 6.07) is 9.10. The summed E-state index contributed by atoms with van der Waals surface area (Å²) >= 11 is 0. The molecule has 0 radical (unpaired) electrons. The Morgan fingerprint density at radius 1 is 1.29 bits per heavy atom. The maximum Gasteiger partial charge on any atom is 0.300 e. The average molecular weight is 231 g/mol. The van der Waals surface area contributed by atoms with E-state index < -0.39 is 0 Å². The van der Waals surface area contributed by atoms with Crippen LogP contribution in [0.5, 0.6) is 0 Å². The summed E-state index contributed by atoms with van der Waals surface area (Å²) in [7, 11) is 0. The fraction of sp³-hybridized carbons (Fsp3) is 0.182. The van der Waals surface area contributed by atoms with Gasteiger partial charge in [-0.3, -0.25) is 4.79 Å². The third-order valence-electron chi connectivity index (χ3n) is 2.28. The first-order chi connectivity index (χ1) is 8.24. The van der Waals surface area contributed by atoms with Gasteiger partial charge in [-0.15, -0.1) is 10.2 Å². The summed E-state index contributed by atoms with van der Waals surface area (Å²) in [5.74, 6) is 5.91. The zero-order valence-corrected chi connectivity index (χ0v) is 9.42. The van der Waals surface area contributed by atoms with E-state index in [1.807, 2.05) is 25.1 Å². The Kier molecular flexibility index (Phi) is 3.04. The number of nitrogens with one attached hydrogen (secondary N) is 1. The van der Waals surface area contributed by atoms with Crippen molar-refractivity contribution in [2.24, 2.45) is 0 Å². The zero-order valence-electron chi connectivity index (χ0n) is 9.42. The topological polar surface area (TPSA) is 85.8 Å². The molecule has 0 unspecified atom stereocenters. The smallest absolute Gasteiger partial charge is 0.300 e. The summed E-state index contributed by atoms with van der Waals surface area (Å²) in [6.45, 7) is 2.51. The number of hydrogen-bond acceptors (Lipinski definition) is 5. The zero-order chi connectivity index (χ0) is 12.3. The Morgan fingerprint density at radius 2 is 2.00 bits per heavy atom. The SMILES string of the molecule is CCNc1nnc(-c2ccccc2)c(=O)n1N. The second-order valence-corrected chi connectivity index (χ2v) is 3.44. The summed E-state index contributed by atoms with van der Waals surface area (Å²) < 4.78 is 0.971. The quantitative estimate of drug-likeness (QED) is 0.749. The van der Waals surface area contributed by atoms with E-state index in [-0.39, 0.29) is 17.2 Å². The molecule has 6 nitrogen and oxygen atoms in total. The molecule has 2 rings (SSSR count). The van der Waals surface area contributed by atoms with Crippen molar-refractivity contribution in [2.45, 2.75) is 6.92 Å². The molecule has 0 atom stereocenters. The van der Waals surface area contributed by atoms with E-state index in [1.165, 1.54) is 0 Å². The molecule has 0 fully saturated rings. The van der Waals surface area contributed by atoms with Crippen LogP contribution in [-0.2, 0) is 0 Å². The van der Waals surface area contributed by atoms with E-state index in [4.69, 9.17) is 5.84 Å². The summed E-state index contributed by atoms with van der Waals surface area (Å²) in [6.07, 6.45) is 0. The van der Waals surface area contributed by atoms with Crippen LogP contribution in [0.2, 0.25) is 0 Å². The molecule has 88 valence electrons.